The number of hydrogen-bond acceptors (Lipinski definition) is 4. The second kappa shape index (κ2) is 6.75. The molecule has 1 aliphatic heterocycles. The first kappa shape index (κ1) is 15.4. The number of nitrogens with zero attached hydrogens (tertiary/aromatic N) is 3. The van der Waals surface area contributed by atoms with Gasteiger partial charge in [0.05, 0.1) is 6.20 Å². The Bertz CT molecular complexity index is 635. The number of aromatic nitrogens is 2. The van der Waals surface area contributed by atoms with E-state index in [0.29, 0.717) is 0 Å². The Morgan fingerprint density at radius 1 is 1.22 bits per heavy atom. The summed E-state index contributed by atoms with van der Waals surface area (Å²) in [6.07, 6.45) is 9.54. The van der Waals surface area contributed by atoms with Crippen molar-refractivity contribution in [1.29, 1.82) is 0 Å². The molecule has 2 aliphatic rings. The van der Waals surface area contributed by atoms with Crippen LogP contribution < -0.4 is 5.32 Å². The van der Waals surface area contributed by atoms with Gasteiger partial charge in [-0.05, 0) is 63.4 Å². The highest BCUT2D eigenvalue weighted by Gasteiger charge is 2.24. The van der Waals surface area contributed by atoms with E-state index in [1.807, 2.05) is 29.3 Å². The predicted octanol–water partition coefficient (Wildman–Crippen LogP) is 3.11. The predicted molar refractivity (Wildman–Crippen MR) is 95.5 cm³/mol. The van der Waals surface area contributed by atoms with Crippen molar-refractivity contribution in [1.82, 2.24) is 20.0 Å². The molecular formula is C18H26N4S. The van der Waals surface area contributed by atoms with E-state index in [-0.39, 0.29) is 0 Å². The molecule has 124 valence electrons. The van der Waals surface area contributed by atoms with Gasteiger partial charge in [-0.1, -0.05) is 0 Å². The van der Waals surface area contributed by atoms with Gasteiger partial charge in [0.1, 0.15) is 0 Å². The molecule has 0 amide bonds. The third-order valence-electron chi connectivity index (χ3n) is 5.01. The van der Waals surface area contributed by atoms with Gasteiger partial charge in [-0.3, -0.25) is 9.58 Å². The Hall–Kier alpha value is -1.17. The smallest absolute Gasteiger partial charge is 0.0576 e. The monoisotopic (exact) mass is 330 g/mol. The summed E-state index contributed by atoms with van der Waals surface area (Å²) in [5.74, 6) is 0.991. The topological polar surface area (TPSA) is 33.1 Å². The third-order valence-corrected chi connectivity index (χ3v) is 6.13. The van der Waals surface area contributed by atoms with Crippen molar-refractivity contribution in [3.63, 3.8) is 0 Å². The summed E-state index contributed by atoms with van der Waals surface area (Å²) in [5.41, 5.74) is 1.23. The molecule has 5 heteroatoms. The Balaban J connectivity index is 1.27. The molecule has 2 fully saturated rings. The molecule has 4 nitrogen and oxygen atoms in total. The van der Waals surface area contributed by atoms with Crippen LogP contribution >= 0.6 is 11.3 Å². The Morgan fingerprint density at radius 3 is 2.74 bits per heavy atom. The summed E-state index contributed by atoms with van der Waals surface area (Å²) in [6.45, 7) is 4.80. The third kappa shape index (κ3) is 4.03. The van der Waals surface area contributed by atoms with Crippen molar-refractivity contribution in [3.8, 4) is 10.4 Å². The Labute approximate surface area is 142 Å². The number of likely N-dealkylation sites (tertiary alicyclic amines) is 1. The zero-order valence-corrected chi connectivity index (χ0v) is 14.7. The molecule has 1 saturated heterocycles. The van der Waals surface area contributed by atoms with Gasteiger partial charge in [0, 0.05) is 41.1 Å². The summed E-state index contributed by atoms with van der Waals surface area (Å²) in [5, 5.41) is 8.03. The van der Waals surface area contributed by atoms with Gasteiger partial charge in [-0.15, -0.1) is 11.3 Å². The summed E-state index contributed by atoms with van der Waals surface area (Å²) in [4.78, 5) is 5.40. The molecule has 0 radical (unpaired) electrons. The summed E-state index contributed by atoms with van der Waals surface area (Å²) < 4.78 is 1.87. The maximum Gasteiger partial charge on any atom is 0.0576 e. The molecule has 1 saturated carbocycles. The zero-order chi connectivity index (χ0) is 15.6. The van der Waals surface area contributed by atoms with Crippen LogP contribution in [0, 0.1) is 5.92 Å². The number of thiophene rings is 1. The van der Waals surface area contributed by atoms with Crippen LogP contribution in [0.4, 0.5) is 0 Å². The highest BCUT2D eigenvalue weighted by atomic mass is 32.1. The number of piperidine rings is 1. The molecule has 2 aromatic heterocycles. The first-order valence-corrected chi connectivity index (χ1v) is 9.61. The number of nitrogens with one attached hydrogen (secondary N) is 1. The van der Waals surface area contributed by atoms with Crippen LogP contribution in [0.3, 0.4) is 0 Å². The maximum atomic E-state index is 4.27. The van der Waals surface area contributed by atoms with E-state index in [9.17, 15) is 0 Å². The van der Waals surface area contributed by atoms with Gasteiger partial charge in [0.2, 0.25) is 0 Å². The standard InChI is InChI=1S/C18H26N4S/c1-21-12-15(11-20-21)18-5-4-17(23-18)13-22-8-6-16(7-9-22)19-10-14-2-3-14/h4-5,11-12,14,16,19H,2-3,6-10,13H2,1H3. The van der Waals surface area contributed by atoms with E-state index in [4.69, 9.17) is 0 Å². The Morgan fingerprint density at radius 2 is 2.04 bits per heavy atom. The molecule has 0 unspecified atom stereocenters. The van der Waals surface area contributed by atoms with E-state index in [1.54, 1.807) is 0 Å². The lowest BCUT2D eigenvalue weighted by Gasteiger charge is -2.32. The van der Waals surface area contributed by atoms with E-state index in [2.05, 4.69) is 33.6 Å². The molecule has 4 rings (SSSR count). The van der Waals surface area contributed by atoms with Crippen LogP contribution in [0.25, 0.3) is 10.4 Å². The fourth-order valence-corrected chi connectivity index (χ4v) is 4.36. The molecule has 23 heavy (non-hydrogen) atoms. The van der Waals surface area contributed by atoms with Crippen molar-refractivity contribution < 1.29 is 0 Å². The van der Waals surface area contributed by atoms with Gasteiger partial charge in [-0.25, -0.2) is 0 Å². The first-order valence-electron chi connectivity index (χ1n) is 8.80. The second-order valence-electron chi connectivity index (χ2n) is 7.07. The van der Waals surface area contributed by atoms with Gasteiger partial charge in [0.15, 0.2) is 0 Å². The summed E-state index contributed by atoms with van der Waals surface area (Å²) >= 11 is 1.91. The minimum Gasteiger partial charge on any atom is -0.314 e. The lowest BCUT2D eigenvalue weighted by atomic mass is 10.0. The van der Waals surface area contributed by atoms with E-state index >= 15 is 0 Å². The SMILES string of the molecule is Cn1cc(-c2ccc(CN3CCC(NCC4CC4)CC3)s2)cn1. The fourth-order valence-electron chi connectivity index (χ4n) is 3.34. The fraction of sp³-hybridized carbons (Fsp3) is 0.611. The van der Waals surface area contributed by atoms with Crippen LogP contribution in [-0.4, -0.2) is 40.4 Å². The molecule has 2 aromatic rings. The zero-order valence-electron chi connectivity index (χ0n) is 13.9. The molecule has 3 heterocycles. The van der Waals surface area contributed by atoms with Crippen molar-refractivity contribution in [2.75, 3.05) is 19.6 Å². The Kier molecular flexibility index (Phi) is 4.51. The quantitative estimate of drug-likeness (QED) is 0.883. The first-order chi connectivity index (χ1) is 11.3. The van der Waals surface area contributed by atoms with Crippen LogP contribution in [-0.2, 0) is 13.6 Å². The normalized spacial score (nSPS) is 20.2. The number of hydrogen-bond donors (Lipinski definition) is 1. The summed E-state index contributed by atoms with van der Waals surface area (Å²) in [6, 6.07) is 5.27. The van der Waals surface area contributed by atoms with E-state index < -0.39 is 0 Å². The molecule has 1 N–H and O–H groups in total. The van der Waals surface area contributed by atoms with E-state index in [0.717, 1.165) is 18.5 Å². The molecule has 0 aromatic carbocycles. The molecule has 0 atom stereocenters. The highest BCUT2D eigenvalue weighted by molar-refractivity contribution is 7.15. The van der Waals surface area contributed by atoms with Crippen LogP contribution in [0.1, 0.15) is 30.6 Å². The number of aryl methyl sites for hydroxylation is 1. The lowest BCUT2D eigenvalue weighted by molar-refractivity contribution is 0.191. The number of rotatable bonds is 6. The lowest BCUT2D eigenvalue weighted by Crippen LogP contribution is -2.42. The highest BCUT2D eigenvalue weighted by Crippen LogP contribution is 2.30. The van der Waals surface area contributed by atoms with Crippen molar-refractivity contribution in [2.24, 2.45) is 13.0 Å². The maximum absolute atomic E-state index is 4.27. The van der Waals surface area contributed by atoms with Gasteiger partial charge < -0.3 is 5.32 Å². The van der Waals surface area contributed by atoms with E-state index in [1.165, 1.54) is 60.6 Å². The average molecular weight is 331 g/mol. The van der Waals surface area contributed by atoms with Crippen molar-refractivity contribution in [3.05, 3.63) is 29.4 Å². The molecular weight excluding hydrogens is 304 g/mol. The largest absolute Gasteiger partial charge is 0.314 e. The molecule has 0 bridgehead atoms. The second-order valence-corrected chi connectivity index (χ2v) is 8.24. The van der Waals surface area contributed by atoms with Crippen molar-refractivity contribution >= 4 is 11.3 Å². The van der Waals surface area contributed by atoms with Crippen LogP contribution in [0.5, 0.6) is 0 Å². The minimum absolute atomic E-state index is 0.751. The van der Waals surface area contributed by atoms with Gasteiger partial charge >= 0.3 is 0 Å². The van der Waals surface area contributed by atoms with Gasteiger partial charge in [-0.2, -0.15) is 5.10 Å². The van der Waals surface area contributed by atoms with Crippen LogP contribution in [0.15, 0.2) is 24.5 Å². The minimum atomic E-state index is 0.751. The van der Waals surface area contributed by atoms with Crippen LogP contribution in [0.2, 0.25) is 0 Å². The average Bonchev–Trinajstić information content (AvgIpc) is 3.11. The van der Waals surface area contributed by atoms with Crippen molar-refractivity contribution in [2.45, 2.75) is 38.3 Å². The molecule has 1 aliphatic carbocycles. The van der Waals surface area contributed by atoms with Gasteiger partial charge in [0.25, 0.3) is 0 Å². The summed E-state index contributed by atoms with van der Waals surface area (Å²) in [7, 11) is 1.97. The molecule has 0 spiro atoms.